The maximum Gasteiger partial charge on any atom is 0.119 e. The first-order valence-electron chi connectivity index (χ1n) is 15.2. The summed E-state index contributed by atoms with van der Waals surface area (Å²) in [4.78, 5) is 9.39. The van der Waals surface area contributed by atoms with Gasteiger partial charge in [-0.05, 0) is 62.4 Å². The summed E-state index contributed by atoms with van der Waals surface area (Å²) >= 11 is 0. The van der Waals surface area contributed by atoms with Gasteiger partial charge in [-0.2, -0.15) is 0 Å². The van der Waals surface area contributed by atoms with Crippen LogP contribution in [0.2, 0.25) is 0 Å². The van der Waals surface area contributed by atoms with Crippen LogP contribution in [0.1, 0.15) is 11.1 Å². The zero-order valence-electron chi connectivity index (χ0n) is 25.1. The van der Waals surface area contributed by atoms with E-state index in [1.54, 1.807) is 0 Å². The number of hydrogen-bond acceptors (Lipinski definition) is 8. The van der Waals surface area contributed by atoms with Crippen molar-refractivity contribution in [3.8, 4) is 11.5 Å². The van der Waals surface area contributed by atoms with Gasteiger partial charge in [-0.3, -0.25) is 9.80 Å². The average molecular weight is 575 g/mol. The summed E-state index contributed by atoms with van der Waals surface area (Å²) in [6.07, 6.45) is -1.11. The molecular weight excluding hydrogens is 528 g/mol. The Hall–Kier alpha value is -3.30. The van der Waals surface area contributed by atoms with Crippen LogP contribution in [0, 0.1) is 13.8 Å². The van der Waals surface area contributed by atoms with Crippen LogP contribution in [-0.2, 0) is 0 Å². The minimum atomic E-state index is -0.555. The summed E-state index contributed by atoms with van der Waals surface area (Å²) in [5, 5.41) is 21.1. The van der Waals surface area contributed by atoms with Crippen molar-refractivity contribution in [2.75, 3.05) is 88.5 Å². The van der Waals surface area contributed by atoms with E-state index in [4.69, 9.17) is 9.47 Å². The van der Waals surface area contributed by atoms with Crippen molar-refractivity contribution in [3.63, 3.8) is 0 Å². The van der Waals surface area contributed by atoms with Crippen molar-refractivity contribution in [1.82, 2.24) is 9.80 Å². The lowest BCUT2D eigenvalue weighted by Crippen LogP contribution is -2.49. The first-order valence-corrected chi connectivity index (χ1v) is 15.2. The molecule has 0 saturated carbocycles. The second-order valence-electron chi connectivity index (χ2n) is 11.6. The fourth-order valence-corrected chi connectivity index (χ4v) is 5.61. The molecule has 0 bridgehead atoms. The van der Waals surface area contributed by atoms with Crippen LogP contribution in [0.3, 0.4) is 0 Å². The second kappa shape index (κ2) is 14.7. The van der Waals surface area contributed by atoms with E-state index in [0.717, 1.165) is 52.4 Å². The lowest BCUT2D eigenvalue weighted by molar-refractivity contribution is 0.0650. The van der Waals surface area contributed by atoms with E-state index in [0.29, 0.717) is 24.6 Å². The number of rotatable bonds is 12. The third-order valence-corrected chi connectivity index (χ3v) is 8.19. The standard InChI is InChI=1S/C34H46N4O4/c1-27-3-7-29(8-4-27)37-19-15-35(16-20-37)23-31(39)25-41-33-11-13-34(14-12-33)42-26-32(40)24-36-17-21-38(22-18-36)30-9-5-28(2)6-10-30/h3-14,31-32,39-40H,15-26H2,1-2H3. The Morgan fingerprint density at radius 3 is 1.19 bits per heavy atom. The van der Waals surface area contributed by atoms with Gasteiger partial charge in [0.15, 0.2) is 0 Å². The van der Waals surface area contributed by atoms with Gasteiger partial charge in [0.05, 0.1) is 0 Å². The topological polar surface area (TPSA) is 71.9 Å². The number of anilines is 2. The number of aliphatic hydroxyl groups excluding tert-OH is 2. The van der Waals surface area contributed by atoms with E-state index in [1.807, 2.05) is 24.3 Å². The van der Waals surface area contributed by atoms with Gasteiger partial charge in [0.25, 0.3) is 0 Å². The minimum Gasteiger partial charge on any atom is -0.491 e. The van der Waals surface area contributed by atoms with Gasteiger partial charge in [-0.1, -0.05) is 35.4 Å². The molecule has 0 aromatic heterocycles. The maximum absolute atomic E-state index is 10.6. The number of β-amino-alcohol motifs (C(OH)–C–C–N with tert-alkyl or cyclic N) is 2. The van der Waals surface area contributed by atoms with Crippen LogP contribution in [-0.4, -0.2) is 111 Å². The maximum atomic E-state index is 10.6. The highest BCUT2D eigenvalue weighted by atomic mass is 16.5. The first-order chi connectivity index (χ1) is 20.4. The Labute approximate surface area is 250 Å². The molecule has 2 unspecified atom stereocenters. The smallest absolute Gasteiger partial charge is 0.119 e. The highest BCUT2D eigenvalue weighted by Gasteiger charge is 2.21. The van der Waals surface area contributed by atoms with Crippen molar-refractivity contribution in [2.24, 2.45) is 0 Å². The van der Waals surface area contributed by atoms with E-state index < -0.39 is 12.2 Å². The van der Waals surface area contributed by atoms with E-state index in [2.05, 4.69) is 82.0 Å². The zero-order chi connectivity index (χ0) is 29.3. The van der Waals surface area contributed by atoms with Gasteiger partial charge >= 0.3 is 0 Å². The molecule has 0 amide bonds. The van der Waals surface area contributed by atoms with Gasteiger partial charge in [-0.25, -0.2) is 0 Å². The number of hydrogen-bond donors (Lipinski definition) is 2. The van der Waals surface area contributed by atoms with Crippen molar-refractivity contribution in [1.29, 1.82) is 0 Å². The fraction of sp³-hybridized carbons (Fsp3) is 0.471. The molecule has 3 aromatic carbocycles. The summed E-state index contributed by atoms with van der Waals surface area (Å²) in [5.74, 6) is 1.38. The molecule has 2 fully saturated rings. The van der Waals surface area contributed by atoms with Crippen LogP contribution in [0.15, 0.2) is 72.8 Å². The molecule has 0 radical (unpaired) electrons. The van der Waals surface area contributed by atoms with Gasteiger partial charge in [-0.15, -0.1) is 0 Å². The molecule has 2 aliphatic heterocycles. The molecule has 42 heavy (non-hydrogen) atoms. The predicted octanol–water partition coefficient (Wildman–Crippen LogP) is 3.43. The van der Waals surface area contributed by atoms with Crippen LogP contribution in [0.5, 0.6) is 11.5 Å². The molecule has 226 valence electrons. The Morgan fingerprint density at radius 2 is 0.857 bits per heavy atom. The van der Waals surface area contributed by atoms with E-state index in [-0.39, 0.29) is 13.2 Å². The van der Waals surface area contributed by atoms with Crippen LogP contribution in [0.4, 0.5) is 11.4 Å². The molecule has 8 nitrogen and oxygen atoms in total. The monoisotopic (exact) mass is 574 g/mol. The second-order valence-corrected chi connectivity index (χ2v) is 11.6. The normalized spacial score (nSPS) is 18.1. The molecule has 2 aliphatic rings. The number of aryl methyl sites for hydroxylation is 2. The molecule has 2 atom stereocenters. The highest BCUT2D eigenvalue weighted by molar-refractivity contribution is 5.48. The third kappa shape index (κ3) is 8.85. The van der Waals surface area contributed by atoms with Crippen molar-refractivity contribution in [2.45, 2.75) is 26.1 Å². The Morgan fingerprint density at radius 1 is 0.524 bits per heavy atom. The molecule has 3 aromatic rings. The van der Waals surface area contributed by atoms with Crippen LogP contribution in [0.25, 0.3) is 0 Å². The summed E-state index contributed by atoms with van der Waals surface area (Å²) in [6.45, 7) is 13.4. The van der Waals surface area contributed by atoms with E-state index >= 15 is 0 Å². The summed E-state index contributed by atoms with van der Waals surface area (Å²) in [5.41, 5.74) is 5.07. The largest absolute Gasteiger partial charge is 0.491 e. The molecule has 0 spiro atoms. The first kappa shape index (κ1) is 30.2. The number of benzene rings is 3. The summed E-state index contributed by atoms with van der Waals surface area (Å²) < 4.78 is 11.7. The molecule has 8 heteroatoms. The van der Waals surface area contributed by atoms with Gasteiger partial charge in [0, 0.05) is 76.8 Å². The number of nitrogens with zero attached hydrogens (tertiary/aromatic N) is 4. The van der Waals surface area contributed by atoms with Crippen molar-refractivity contribution in [3.05, 3.63) is 83.9 Å². The average Bonchev–Trinajstić information content (AvgIpc) is 3.01. The Bertz CT molecular complexity index is 1110. The molecule has 2 saturated heterocycles. The van der Waals surface area contributed by atoms with E-state index in [9.17, 15) is 10.2 Å². The summed E-state index contributed by atoms with van der Waals surface area (Å²) in [7, 11) is 0. The minimum absolute atomic E-state index is 0.244. The quantitative estimate of drug-likeness (QED) is 0.341. The molecule has 2 N–H and O–H groups in total. The Balaban J connectivity index is 0.951. The fourth-order valence-electron chi connectivity index (χ4n) is 5.61. The SMILES string of the molecule is Cc1ccc(N2CCN(CC(O)COc3ccc(OCC(O)CN4CCN(c5ccc(C)cc5)CC4)cc3)CC2)cc1. The number of aliphatic hydroxyl groups is 2. The third-order valence-electron chi connectivity index (χ3n) is 8.19. The van der Waals surface area contributed by atoms with Crippen LogP contribution >= 0.6 is 0 Å². The highest BCUT2D eigenvalue weighted by Crippen LogP contribution is 2.20. The Kier molecular flexibility index (Phi) is 10.6. The van der Waals surface area contributed by atoms with Gasteiger partial charge in [0.2, 0.25) is 0 Å². The molecule has 2 heterocycles. The summed E-state index contributed by atoms with van der Waals surface area (Å²) in [6, 6.07) is 24.7. The van der Waals surface area contributed by atoms with E-state index in [1.165, 1.54) is 22.5 Å². The lowest BCUT2D eigenvalue weighted by atomic mass is 10.2. The van der Waals surface area contributed by atoms with Crippen LogP contribution < -0.4 is 19.3 Å². The number of piperazine rings is 2. The molecular formula is C34H46N4O4. The van der Waals surface area contributed by atoms with Crippen molar-refractivity contribution < 1.29 is 19.7 Å². The molecule has 5 rings (SSSR count). The zero-order valence-corrected chi connectivity index (χ0v) is 25.1. The lowest BCUT2D eigenvalue weighted by Gasteiger charge is -2.37. The van der Waals surface area contributed by atoms with Crippen molar-refractivity contribution >= 4 is 11.4 Å². The van der Waals surface area contributed by atoms with Gasteiger partial charge in [0.1, 0.15) is 36.9 Å². The predicted molar refractivity (Wildman–Crippen MR) is 169 cm³/mol. The number of ether oxygens (including phenoxy) is 2. The van der Waals surface area contributed by atoms with Gasteiger partial charge < -0.3 is 29.5 Å². The molecule has 0 aliphatic carbocycles.